The van der Waals surface area contributed by atoms with Gasteiger partial charge in [0.1, 0.15) is 0 Å². The molecule has 0 spiro atoms. The molecule has 1 aliphatic rings. The van der Waals surface area contributed by atoms with Gasteiger partial charge in [0.05, 0.1) is 23.5 Å². The van der Waals surface area contributed by atoms with Gasteiger partial charge in [-0.25, -0.2) is 14.8 Å². The summed E-state index contributed by atoms with van der Waals surface area (Å²) in [6.07, 6.45) is 1.76. The summed E-state index contributed by atoms with van der Waals surface area (Å²) in [4.78, 5) is 25.3. The third kappa shape index (κ3) is 4.14. The summed E-state index contributed by atoms with van der Waals surface area (Å²) in [5.74, 6) is -0.580. The van der Waals surface area contributed by atoms with Crippen molar-refractivity contribution in [1.29, 1.82) is 0 Å². The first-order valence-electron chi connectivity index (χ1n) is 10.6. The van der Waals surface area contributed by atoms with Crippen molar-refractivity contribution in [3.63, 3.8) is 0 Å². The Morgan fingerprint density at radius 2 is 1.82 bits per heavy atom. The topological polar surface area (TPSA) is 113 Å². The average molecular weight is 470 g/mol. The number of carboxylic acids is 1. The predicted octanol–water partition coefficient (Wildman–Crippen LogP) is 5.05. The Balaban J connectivity index is 1.58. The second kappa shape index (κ2) is 9.05. The number of rotatable bonds is 5. The van der Waals surface area contributed by atoms with Crippen LogP contribution in [0.1, 0.15) is 32.6 Å². The van der Waals surface area contributed by atoms with Gasteiger partial charge in [-0.2, -0.15) is 0 Å². The van der Waals surface area contributed by atoms with Crippen molar-refractivity contribution in [3.05, 3.63) is 106 Å². The summed E-state index contributed by atoms with van der Waals surface area (Å²) in [6.45, 7) is 0.802. The lowest BCUT2D eigenvalue weighted by atomic mass is 9.93. The lowest BCUT2D eigenvalue weighted by molar-refractivity contribution is 0.0697. The summed E-state index contributed by atoms with van der Waals surface area (Å²) in [5.41, 5.74) is 13.1. The molecule has 0 atom stereocenters. The molecule has 3 aromatic carbocycles. The van der Waals surface area contributed by atoms with Crippen LogP contribution < -0.4 is 11.1 Å². The SMILES string of the molecule is NCc1ccccc1C1=NCc2cnc(Nc3ccc(C(=O)O)cc3)nc2-c2ccc(Cl)cc21. The number of carbonyl (C=O) groups is 1. The lowest BCUT2D eigenvalue weighted by Gasteiger charge is -2.14. The molecule has 1 aliphatic heterocycles. The van der Waals surface area contributed by atoms with E-state index in [1.54, 1.807) is 18.3 Å². The van der Waals surface area contributed by atoms with Gasteiger partial charge in [-0.1, -0.05) is 41.9 Å². The van der Waals surface area contributed by atoms with Crippen LogP contribution in [-0.2, 0) is 13.1 Å². The van der Waals surface area contributed by atoms with Crippen LogP contribution in [0.2, 0.25) is 5.02 Å². The Bertz CT molecular complexity index is 1430. The molecule has 0 unspecified atom stereocenters. The van der Waals surface area contributed by atoms with Gasteiger partial charge >= 0.3 is 5.97 Å². The number of aromatic carboxylic acids is 1. The van der Waals surface area contributed by atoms with E-state index in [2.05, 4.69) is 10.3 Å². The highest BCUT2D eigenvalue weighted by Crippen LogP contribution is 2.34. The number of nitrogens with zero attached hydrogens (tertiary/aromatic N) is 3. The number of aliphatic imine (C=N–C) groups is 1. The maximum Gasteiger partial charge on any atom is 0.335 e. The van der Waals surface area contributed by atoms with Gasteiger partial charge in [0.2, 0.25) is 5.95 Å². The van der Waals surface area contributed by atoms with Gasteiger partial charge in [0, 0.05) is 45.7 Å². The van der Waals surface area contributed by atoms with Crippen molar-refractivity contribution < 1.29 is 9.90 Å². The van der Waals surface area contributed by atoms with Crippen LogP contribution in [0.4, 0.5) is 11.6 Å². The molecule has 0 saturated heterocycles. The lowest BCUT2D eigenvalue weighted by Crippen LogP contribution is -2.10. The number of carboxylic acid groups (broad SMARTS) is 1. The summed E-state index contributed by atoms with van der Waals surface area (Å²) >= 11 is 6.39. The Hall–Kier alpha value is -4.07. The smallest absolute Gasteiger partial charge is 0.335 e. The molecule has 34 heavy (non-hydrogen) atoms. The van der Waals surface area contributed by atoms with Gasteiger partial charge in [-0.3, -0.25) is 4.99 Å². The standard InChI is InChI=1S/C26H20ClN5O2/c27-18-7-10-21-22(11-18)24(20-4-2-1-3-16(20)12-28)29-13-17-14-30-26(32-23(17)21)31-19-8-5-15(6-9-19)25(33)34/h1-11,14H,12-13,28H2,(H,33,34)(H,30,31,32). The number of nitrogens with one attached hydrogen (secondary N) is 1. The van der Waals surface area contributed by atoms with Gasteiger partial charge in [-0.15, -0.1) is 0 Å². The van der Waals surface area contributed by atoms with Crippen molar-refractivity contribution in [2.75, 3.05) is 5.32 Å². The number of halogens is 1. The minimum atomic E-state index is -0.977. The number of hydrogen-bond donors (Lipinski definition) is 3. The number of hydrogen-bond acceptors (Lipinski definition) is 6. The maximum absolute atomic E-state index is 11.1. The van der Waals surface area contributed by atoms with Gasteiger partial charge in [0.15, 0.2) is 0 Å². The van der Waals surface area contributed by atoms with E-state index < -0.39 is 5.97 Å². The van der Waals surface area contributed by atoms with Gasteiger partial charge in [0.25, 0.3) is 0 Å². The third-order valence-corrected chi connectivity index (χ3v) is 5.88. The van der Waals surface area contributed by atoms with Gasteiger partial charge < -0.3 is 16.2 Å². The summed E-state index contributed by atoms with van der Waals surface area (Å²) in [6, 6.07) is 20.0. The normalized spacial score (nSPS) is 12.2. The summed E-state index contributed by atoms with van der Waals surface area (Å²) in [5, 5.41) is 12.9. The molecule has 0 amide bonds. The molecule has 0 saturated carbocycles. The Morgan fingerprint density at radius 3 is 2.59 bits per heavy atom. The van der Waals surface area contributed by atoms with E-state index in [1.165, 1.54) is 12.1 Å². The van der Waals surface area contributed by atoms with Crippen LogP contribution in [0.5, 0.6) is 0 Å². The second-order valence-corrected chi connectivity index (χ2v) is 8.23. The zero-order valence-corrected chi connectivity index (χ0v) is 18.8. The van der Waals surface area contributed by atoms with Crippen molar-refractivity contribution >= 4 is 34.9 Å². The zero-order chi connectivity index (χ0) is 23.7. The van der Waals surface area contributed by atoms with Crippen LogP contribution in [0.25, 0.3) is 11.3 Å². The second-order valence-electron chi connectivity index (χ2n) is 7.79. The maximum atomic E-state index is 11.1. The van der Waals surface area contributed by atoms with Crippen molar-refractivity contribution in [2.24, 2.45) is 10.7 Å². The number of fused-ring (bicyclic) bond motifs is 3. The van der Waals surface area contributed by atoms with E-state index >= 15 is 0 Å². The van der Waals surface area contributed by atoms with Crippen LogP contribution >= 0.6 is 11.6 Å². The van der Waals surface area contributed by atoms with E-state index in [4.69, 9.17) is 32.4 Å². The minimum absolute atomic E-state index is 0.210. The Labute approximate surface area is 201 Å². The number of nitrogens with two attached hydrogens (primary N) is 1. The molecule has 7 nitrogen and oxygen atoms in total. The molecule has 1 aromatic heterocycles. The summed E-state index contributed by atoms with van der Waals surface area (Å²) in [7, 11) is 0. The van der Waals surface area contributed by atoms with Crippen molar-refractivity contribution in [3.8, 4) is 11.3 Å². The Morgan fingerprint density at radius 1 is 1.03 bits per heavy atom. The minimum Gasteiger partial charge on any atom is -0.478 e. The number of benzene rings is 3. The molecule has 168 valence electrons. The largest absolute Gasteiger partial charge is 0.478 e. The molecule has 8 heteroatoms. The molecule has 4 aromatic rings. The van der Waals surface area contributed by atoms with Crippen LogP contribution in [0.15, 0.2) is 77.9 Å². The van der Waals surface area contributed by atoms with E-state index in [0.29, 0.717) is 29.7 Å². The fourth-order valence-corrected chi connectivity index (χ4v) is 4.14. The highest BCUT2D eigenvalue weighted by atomic mass is 35.5. The van der Waals surface area contributed by atoms with E-state index in [-0.39, 0.29) is 5.56 Å². The first-order chi connectivity index (χ1) is 16.5. The molecular weight excluding hydrogens is 450 g/mol. The first-order valence-corrected chi connectivity index (χ1v) is 11.0. The molecule has 0 radical (unpaired) electrons. The van der Waals surface area contributed by atoms with E-state index in [1.807, 2.05) is 42.5 Å². The molecule has 0 fully saturated rings. The van der Waals surface area contributed by atoms with E-state index in [0.717, 1.165) is 39.2 Å². The quantitative estimate of drug-likeness (QED) is 0.377. The highest BCUT2D eigenvalue weighted by Gasteiger charge is 2.22. The monoisotopic (exact) mass is 469 g/mol. The molecular formula is C26H20ClN5O2. The predicted molar refractivity (Wildman–Crippen MR) is 133 cm³/mol. The zero-order valence-electron chi connectivity index (χ0n) is 18.0. The fourth-order valence-electron chi connectivity index (χ4n) is 3.97. The average Bonchev–Trinajstić information content (AvgIpc) is 3.00. The molecule has 4 N–H and O–H groups in total. The molecule has 2 heterocycles. The van der Waals surface area contributed by atoms with Crippen LogP contribution in [-0.4, -0.2) is 26.8 Å². The fraction of sp³-hybridized carbons (Fsp3) is 0.0769. The molecule has 5 rings (SSSR count). The molecule has 0 aliphatic carbocycles. The number of aromatic nitrogens is 2. The highest BCUT2D eigenvalue weighted by molar-refractivity contribution is 6.31. The Kier molecular flexibility index (Phi) is 5.79. The molecule has 0 bridgehead atoms. The van der Waals surface area contributed by atoms with E-state index in [9.17, 15) is 4.79 Å². The number of anilines is 2. The summed E-state index contributed by atoms with van der Waals surface area (Å²) < 4.78 is 0. The van der Waals surface area contributed by atoms with Crippen molar-refractivity contribution in [1.82, 2.24) is 9.97 Å². The third-order valence-electron chi connectivity index (χ3n) is 5.64. The first kappa shape index (κ1) is 21.8. The van der Waals surface area contributed by atoms with Crippen LogP contribution in [0.3, 0.4) is 0 Å². The van der Waals surface area contributed by atoms with Gasteiger partial charge in [-0.05, 0) is 42.0 Å². The van der Waals surface area contributed by atoms with Crippen LogP contribution in [0, 0.1) is 0 Å². The van der Waals surface area contributed by atoms with Crippen molar-refractivity contribution in [2.45, 2.75) is 13.1 Å².